The highest BCUT2D eigenvalue weighted by Crippen LogP contribution is 2.26. The van der Waals surface area contributed by atoms with Gasteiger partial charge in [-0.15, -0.1) is 11.3 Å². The van der Waals surface area contributed by atoms with Crippen LogP contribution in [0.3, 0.4) is 0 Å². The summed E-state index contributed by atoms with van der Waals surface area (Å²) >= 11 is 1.10. The molecule has 0 unspecified atom stereocenters. The third-order valence-corrected chi connectivity index (χ3v) is 6.73. The van der Waals surface area contributed by atoms with Crippen LogP contribution in [-0.4, -0.2) is 21.4 Å². The van der Waals surface area contributed by atoms with Gasteiger partial charge in [0.2, 0.25) is 0 Å². The van der Waals surface area contributed by atoms with E-state index in [0.29, 0.717) is 16.3 Å². The highest BCUT2D eigenvalue weighted by atomic mass is 32.2. The summed E-state index contributed by atoms with van der Waals surface area (Å²) in [6, 6.07) is 17.6. The van der Waals surface area contributed by atoms with Crippen molar-refractivity contribution in [1.82, 2.24) is 0 Å². The van der Waals surface area contributed by atoms with E-state index in [1.54, 1.807) is 24.3 Å². The van der Waals surface area contributed by atoms with E-state index in [4.69, 9.17) is 0 Å². The summed E-state index contributed by atoms with van der Waals surface area (Å²) in [4.78, 5) is 12.8. The number of nitrogens with zero attached hydrogens (tertiary/aromatic N) is 1. The summed E-state index contributed by atoms with van der Waals surface area (Å²) < 4.78 is 26.7. The molecule has 0 saturated heterocycles. The standard InChI is InChI=1S/C19H18N2O3S2/c1-14-8-10-15(11-9-14)20-19(22)18-12-17(13-25-18)26(23,24)21(2)16-6-4-3-5-7-16/h3-13H,1-2H3,(H,20,22). The van der Waals surface area contributed by atoms with Crippen LogP contribution in [0.2, 0.25) is 0 Å². The summed E-state index contributed by atoms with van der Waals surface area (Å²) in [5.74, 6) is -0.331. The molecule has 7 heteroatoms. The number of hydrogen-bond donors (Lipinski definition) is 1. The van der Waals surface area contributed by atoms with E-state index in [9.17, 15) is 13.2 Å². The predicted octanol–water partition coefficient (Wildman–Crippen LogP) is 4.13. The molecular formula is C19H18N2O3S2. The summed E-state index contributed by atoms with van der Waals surface area (Å²) in [5, 5.41) is 4.26. The van der Waals surface area contributed by atoms with Gasteiger partial charge in [0.1, 0.15) is 0 Å². The molecule has 3 aromatic rings. The van der Waals surface area contributed by atoms with Crippen LogP contribution < -0.4 is 9.62 Å². The van der Waals surface area contributed by atoms with Crippen LogP contribution in [0.25, 0.3) is 0 Å². The van der Waals surface area contributed by atoms with Gasteiger partial charge < -0.3 is 5.32 Å². The second kappa shape index (κ2) is 7.31. The maximum atomic E-state index is 12.8. The lowest BCUT2D eigenvalue weighted by molar-refractivity contribution is 0.103. The van der Waals surface area contributed by atoms with Crippen LogP contribution in [0.1, 0.15) is 15.2 Å². The summed E-state index contributed by atoms with van der Waals surface area (Å²) in [7, 11) is -2.23. The van der Waals surface area contributed by atoms with E-state index in [-0.39, 0.29) is 10.8 Å². The van der Waals surface area contributed by atoms with Crippen LogP contribution in [0.5, 0.6) is 0 Å². The molecule has 3 rings (SSSR count). The van der Waals surface area contributed by atoms with Crippen LogP contribution in [0.4, 0.5) is 11.4 Å². The number of aryl methyl sites for hydroxylation is 1. The second-order valence-corrected chi connectivity index (χ2v) is 8.66. The van der Waals surface area contributed by atoms with Gasteiger partial charge in [0.25, 0.3) is 15.9 Å². The second-order valence-electron chi connectivity index (χ2n) is 5.77. The quantitative estimate of drug-likeness (QED) is 0.717. The van der Waals surface area contributed by atoms with E-state index < -0.39 is 10.0 Å². The average Bonchev–Trinajstić information content (AvgIpc) is 3.15. The fourth-order valence-corrected chi connectivity index (χ4v) is 4.69. The Morgan fingerprint density at radius 3 is 2.35 bits per heavy atom. The Bertz CT molecular complexity index is 1010. The minimum Gasteiger partial charge on any atom is -0.321 e. The molecule has 0 bridgehead atoms. The summed E-state index contributed by atoms with van der Waals surface area (Å²) in [6.07, 6.45) is 0. The average molecular weight is 386 g/mol. The summed E-state index contributed by atoms with van der Waals surface area (Å²) in [6.45, 7) is 1.96. The van der Waals surface area contributed by atoms with E-state index in [2.05, 4.69) is 5.32 Å². The fraction of sp³-hybridized carbons (Fsp3) is 0.105. The number of benzene rings is 2. The third kappa shape index (κ3) is 3.79. The number of anilines is 2. The highest BCUT2D eigenvalue weighted by Gasteiger charge is 2.24. The Balaban J connectivity index is 1.80. The molecule has 0 aliphatic carbocycles. The largest absolute Gasteiger partial charge is 0.321 e. The molecule has 134 valence electrons. The number of rotatable bonds is 5. The lowest BCUT2D eigenvalue weighted by Gasteiger charge is -2.18. The monoisotopic (exact) mass is 386 g/mol. The molecular weight excluding hydrogens is 368 g/mol. The maximum Gasteiger partial charge on any atom is 0.265 e. The molecule has 26 heavy (non-hydrogen) atoms. The zero-order chi connectivity index (χ0) is 18.7. The zero-order valence-corrected chi connectivity index (χ0v) is 16.0. The number of thiophene rings is 1. The highest BCUT2D eigenvalue weighted by molar-refractivity contribution is 7.93. The number of hydrogen-bond acceptors (Lipinski definition) is 4. The minimum absolute atomic E-state index is 0.0999. The molecule has 1 heterocycles. The molecule has 5 nitrogen and oxygen atoms in total. The van der Waals surface area contributed by atoms with Gasteiger partial charge in [-0.25, -0.2) is 8.42 Å². The normalized spacial score (nSPS) is 11.2. The van der Waals surface area contributed by atoms with Crippen molar-refractivity contribution in [2.24, 2.45) is 0 Å². The smallest absolute Gasteiger partial charge is 0.265 e. The number of carbonyl (C=O) groups excluding carboxylic acids is 1. The molecule has 1 N–H and O–H groups in total. The minimum atomic E-state index is -3.72. The van der Waals surface area contributed by atoms with Gasteiger partial charge in [-0.1, -0.05) is 35.9 Å². The van der Waals surface area contributed by atoms with E-state index in [0.717, 1.165) is 16.9 Å². The first-order valence-corrected chi connectivity index (χ1v) is 10.2. The molecule has 0 fully saturated rings. The number of amides is 1. The van der Waals surface area contributed by atoms with Gasteiger partial charge in [-0.2, -0.15) is 0 Å². The molecule has 1 aromatic heterocycles. The summed E-state index contributed by atoms with van der Waals surface area (Å²) in [5.41, 5.74) is 2.32. The van der Waals surface area contributed by atoms with E-state index >= 15 is 0 Å². The molecule has 0 atom stereocenters. The first-order valence-electron chi connectivity index (χ1n) is 7.88. The Kier molecular flexibility index (Phi) is 5.11. The topological polar surface area (TPSA) is 66.5 Å². The van der Waals surface area contributed by atoms with E-state index in [1.807, 2.05) is 37.3 Å². The van der Waals surface area contributed by atoms with Crippen molar-refractivity contribution in [2.45, 2.75) is 11.8 Å². The van der Waals surface area contributed by atoms with Gasteiger partial charge in [0, 0.05) is 18.1 Å². The molecule has 0 aliphatic rings. The predicted molar refractivity (Wildman–Crippen MR) is 105 cm³/mol. The first-order chi connectivity index (χ1) is 12.4. The lowest BCUT2D eigenvalue weighted by atomic mass is 10.2. The molecule has 0 aliphatic heterocycles. The number of carbonyl (C=O) groups is 1. The number of nitrogens with one attached hydrogen (secondary N) is 1. The van der Waals surface area contributed by atoms with Crippen LogP contribution in [-0.2, 0) is 10.0 Å². The Labute approximate surface area is 157 Å². The van der Waals surface area contributed by atoms with Crippen molar-refractivity contribution in [3.05, 3.63) is 76.5 Å². The van der Waals surface area contributed by atoms with Crippen molar-refractivity contribution < 1.29 is 13.2 Å². The molecule has 0 spiro atoms. The zero-order valence-electron chi connectivity index (χ0n) is 14.3. The van der Waals surface area contributed by atoms with Crippen molar-refractivity contribution in [2.75, 3.05) is 16.7 Å². The molecule has 1 amide bonds. The Hall–Kier alpha value is -2.64. The first kappa shape index (κ1) is 18.2. The Morgan fingerprint density at radius 1 is 1.04 bits per heavy atom. The van der Waals surface area contributed by atoms with Gasteiger partial charge >= 0.3 is 0 Å². The number of sulfonamides is 1. The van der Waals surface area contributed by atoms with Crippen LogP contribution >= 0.6 is 11.3 Å². The van der Waals surface area contributed by atoms with Gasteiger partial charge in [-0.3, -0.25) is 9.10 Å². The van der Waals surface area contributed by atoms with Gasteiger partial charge in [0.15, 0.2) is 0 Å². The Morgan fingerprint density at radius 2 is 1.69 bits per heavy atom. The van der Waals surface area contributed by atoms with Gasteiger partial charge in [0.05, 0.1) is 15.5 Å². The van der Waals surface area contributed by atoms with Crippen molar-refractivity contribution in [3.63, 3.8) is 0 Å². The SMILES string of the molecule is Cc1ccc(NC(=O)c2cc(S(=O)(=O)N(C)c3ccccc3)cs2)cc1. The lowest BCUT2D eigenvalue weighted by Crippen LogP contribution is -2.26. The van der Waals surface area contributed by atoms with Crippen molar-refractivity contribution in [1.29, 1.82) is 0 Å². The molecule has 2 aromatic carbocycles. The maximum absolute atomic E-state index is 12.8. The molecule has 0 radical (unpaired) electrons. The molecule has 0 saturated carbocycles. The van der Waals surface area contributed by atoms with Gasteiger partial charge in [-0.05, 0) is 37.3 Å². The van der Waals surface area contributed by atoms with E-state index in [1.165, 1.54) is 22.8 Å². The van der Waals surface area contributed by atoms with Crippen LogP contribution in [0, 0.1) is 6.92 Å². The fourth-order valence-electron chi connectivity index (χ4n) is 2.34. The van der Waals surface area contributed by atoms with Crippen LogP contribution in [0.15, 0.2) is 70.9 Å². The van der Waals surface area contributed by atoms with Crippen molar-refractivity contribution >= 4 is 38.6 Å². The third-order valence-electron chi connectivity index (χ3n) is 3.89. The van der Waals surface area contributed by atoms with Crippen molar-refractivity contribution in [3.8, 4) is 0 Å². The number of para-hydroxylation sites is 1.